The van der Waals surface area contributed by atoms with E-state index in [9.17, 15) is 4.79 Å². The summed E-state index contributed by atoms with van der Waals surface area (Å²) in [6, 6.07) is 8.22. The molecule has 15 heavy (non-hydrogen) atoms. The summed E-state index contributed by atoms with van der Waals surface area (Å²) in [4.78, 5) is 12.5. The molecular formula is C12H17NOS. The number of hydrogen-bond donors (Lipinski definition) is 1. The van der Waals surface area contributed by atoms with Crippen LogP contribution < -0.4 is 5.32 Å². The summed E-state index contributed by atoms with van der Waals surface area (Å²) in [5.41, 5.74) is 1.25. The highest BCUT2D eigenvalue weighted by Crippen LogP contribution is 2.17. The largest absolute Gasteiger partial charge is 0.355 e. The second-order valence-corrected chi connectivity index (χ2v) is 4.50. The van der Waals surface area contributed by atoms with E-state index in [1.165, 1.54) is 5.56 Å². The molecule has 0 saturated carbocycles. The molecule has 0 aliphatic rings. The first-order valence-corrected chi connectivity index (χ1v) is 6.17. The van der Waals surface area contributed by atoms with E-state index in [-0.39, 0.29) is 5.91 Å². The number of amides is 1. The second kappa shape index (κ2) is 6.51. The summed E-state index contributed by atoms with van der Waals surface area (Å²) >= 11 is 1.58. The van der Waals surface area contributed by atoms with Crippen LogP contribution in [0.25, 0.3) is 0 Å². The van der Waals surface area contributed by atoms with Crippen molar-refractivity contribution in [3.63, 3.8) is 0 Å². The average Bonchev–Trinajstić information content (AvgIpc) is 2.25. The lowest BCUT2D eigenvalue weighted by Gasteiger charge is -2.03. The van der Waals surface area contributed by atoms with Crippen LogP contribution in [0.2, 0.25) is 0 Å². The summed E-state index contributed by atoms with van der Waals surface area (Å²) in [6.45, 7) is 4.88. The van der Waals surface area contributed by atoms with Crippen LogP contribution in [0.4, 0.5) is 0 Å². The van der Waals surface area contributed by atoms with Crippen molar-refractivity contribution in [3.8, 4) is 0 Å². The third kappa shape index (κ3) is 4.88. The van der Waals surface area contributed by atoms with E-state index >= 15 is 0 Å². The quantitative estimate of drug-likeness (QED) is 0.777. The van der Waals surface area contributed by atoms with Gasteiger partial charge in [-0.2, -0.15) is 0 Å². The standard InChI is InChI=1S/C12H17NOS/c1-3-8-13-12(14)9-15-11-6-4-10(2)5-7-11/h4-7H,3,8-9H2,1-2H3,(H,13,14). The van der Waals surface area contributed by atoms with Gasteiger partial charge >= 0.3 is 0 Å². The Balaban J connectivity index is 2.30. The van der Waals surface area contributed by atoms with Gasteiger partial charge in [0.1, 0.15) is 0 Å². The van der Waals surface area contributed by atoms with Gasteiger partial charge in [0.2, 0.25) is 5.91 Å². The molecule has 0 fully saturated rings. The molecule has 1 aromatic rings. The minimum absolute atomic E-state index is 0.113. The molecule has 0 unspecified atom stereocenters. The molecule has 0 spiro atoms. The van der Waals surface area contributed by atoms with Crippen molar-refractivity contribution in [1.82, 2.24) is 5.32 Å². The molecule has 82 valence electrons. The smallest absolute Gasteiger partial charge is 0.230 e. The fraction of sp³-hybridized carbons (Fsp3) is 0.417. The SMILES string of the molecule is CCCNC(=O)CSc1ccc(C)cc1. The molecule has 1 aromatic carbocycles. The highest BCUT2D eigenvalue weighted by molar-refractivity contribution is 8.00. The van der Waals surface area contributed by atoms with Gasteiger partial charge in [0.25, 0.3) is 0 Å². The molecule has 1 N–H and O–H groups in total. The Labute approximate surface area is 95.5 Å². The van der Waals surface area contributed by atoms with Gasteiger partial charge in [-0.3, -0.25) is 4.79 Å². The van der Waals surface area contributed by atoms with Gasteiger partial charge in [-0.05, 0) is 25.5 Å². The lowest BCUT2D eigenvalue weighted by molar-refractivity contribution is -0.118. The lowest BCUT2D eigenvalue weighted by atomic mass is 10.2. The van der Waals surface area contributed by atoms with Gasteiger partial charge in [-0.15, -0.1) is 11.8 Å². The van der Waals surface area contributed by atoms with E-state index in [2.05, 4.69) is 24.4 Å². The summed E-state index contributed by atoms with van der Waals surface area (Å²) < 4.78 is 0. The van der Waals surface area contributed by atoms with Gasteiger partial charge in [0, 0.05) is 11.4 Å². The van der Waals surface area contributed by atoms with E-state index in [0.29, 0.717) is 5.75 Å². The number of hydrogen-bond acceptors (Lipinski definition) is 2. The monoisotopic (exact) mass is 223 g/mol. The molecule has 0 bridgehead atoms. The number of carbonyl (C=O) groups excluding carboxylic acids is 1. The summed E-state index contributed by atoms with van der Waals surface area (Å²) in [5, 5.41) is 2.85. The lowest BCUT2D eigenvalue weighted by Crippen LogP contribution is -2.25. The molecule has 0 atom stereocenters. The zero-order valence-corrected chi connectivity index (χ0v) is 10.1. The maximum Gasteiger partial charge on any atom is 0.230 e. The van der Waals surface area contributed by atoms with E-state index < -0.39 is 0 Å². The molecule has 0 radical (unpaired) electrons. The Hall–Kier alpha value is -0.960. The first-order chi connectivity index (χ1) is 7.22. The molecule has 3 heteroatoms. The molecule has 0 aromatic heterocycles. The minimum Gasteiger partial charge on any atom is -0.355 e. The Morgan fingerprint density at radius 3 is 2.60 bits per heavy atom. The third-order valence-electron chi connectivity index (χ3n) is 1.96. The van der Waals surface area contributed by atoms with Crippen molar-refractivity contribution in [2.24, 2.45) is 0 Å². The van der Waals surface area contributed by atoms with Gasteiger partial charge in [0.05, 0.1) is 5.75 Å². The maximum atomic E-state index is 11.3. The first-order valence-electron chi connectivity index (χ1n) is 5.18. The van der Waals surface area contributed by atoms with Crippen LogP contribution in [-0.2, 0) is 4.79 Å². The van der Waals surface area contributed by atoms with E-state index in [1.807, 2.05) is 19.1 Å². The zero-order chi connectivity index (χ0) is 11.1. The third-order valence-corrected chi connectivity index (χ3v) is 2.98. The van der Waals surface area contributed by atoms with Crippen LogP contribution in [0.5, 0.6) is 0 Å². The highest BCUT2D eigenvalue weighted by Gasteiger charge is 2.00. The Morgan fingerprint density at radius 2 is 2.00 bits per heavy atom. The molecule has 2 nitrogen and oxygen atoms in total. The number of rotatable bonds is 5. The first kappa shape index (κ1) is 12.1. The summed E-state index contributed by atoms with van der Waals surface area (Å²) in [7, 11) is 0. The number of thioether (sulfide) groups is 1. The van der Waals surface area contributed by atoms with Crippen molar-refractivity contribution < 1.29 is 4.79 Å². The van der Waals surface area contributed by atoms with Crippen molar-refractivity contribution in [1.29, 1.82) is 0 Å². The second-order valence-electron chi connectivity index (χ2n) is 3.45. The molecule has 1 amide bonds. The van der Waals surface area contributed by atoms with E-state index in [1.54, 1.807) is 11.8 Å². The van der Waals surface area contributed by atoms with Gasteiger partial charge in [0.15, 0.2) is 0 Å². The van der Waals surface area contributed by atoms with Gasteiger partial charge in [-0.25, -0.2) is 0 Å². The molecule has 0 heterocycles. The Morgan fingerprint density at radius 1 is 1.33 bits per heavy atom. The van der Waals surface area contributed by atoms with Crippen molar-refractivity contribution in [3.05, 3.63) is 29.8 Å². The Bertz CT molecular complexity index is 308. The fourth-order valence-electron chi connectivity index (χ4n) is 1.10. The molecule has 0 aliphatic carbocycles. The van der Waals surface area contributed by atoms with Crippen LogP contribution in [0.1, 0.15) is 18.9 Å². The topological polar surface area (TPSA) is 29.1 Å². The number of aryl methyl sites for hydroxylation is 1. The normalized spacial score (nSPS) is 10.0. The highest BCUT2D eigenvalue weighted by atomic mass is 32.2. The average molecular weight is 223 g/mol. The van der Waals surface area contributed by atoms with Crippen molar-refractivity contribution in [2.45, 2.75) is 25.2 Å². The number of carbonyl (C=O) groups is 1. The van der Waals surface area contributed by atoms with E-state index in [0.717, 1.165) is 17.9 Å². The minimum atomic E-state index is 0.113. The number of nitrogens with one attached hydrogen (secondary N) is 1. The van der Waals surface area contributed by atoms with Crippen LogP contribution in [0, 0.1) is 6.92 Å². The number of benzene rings is 1. The molecule has 0 saturated heterocycles. The maximum absolute atomic E-state index is 11.3. The summed E-state index contributed by atoms with van der Waals surface area (Å²) in [6.07, 6.45) is 0.987. The zero-order valence-electron chi connectivity index (χ0n) is 9.25. The van der Waals surface area contributed by atoms with Crippen LogP contribution >= 0.6 is 11.8 Å². The predicted molar refractivity (Wildman–Crippen MR) is 65.2 cm³/mol. The fourth-order valence-corrected chi connectivity index (χ4v) is 1.83. The molecule has 1 rings (SSSR count). The Kier molecular flexibility index (Phi) is 5.26. The summed E-state index contributed by atoms with van der Waals surface area (Å²) in [5.74, 6) is 0.616. The van der Waals surface area contributed by atoms with Crippen LogP contribution in [0.3, 0.4) is 0 Å². The van der Waals surface area contributed by atoms with Crippen molar-refractivity contribution >= 4 is 17.7 Å². The van der Waals surface area contributed by atoms with Crippen LogP contribution in [-0.4, -0.2) is 18.2 Å². The molecule has 0 aliphatic heterocycles. The van der Waals surface area contributed by atoms with Gasteiger partial charge in [-0.1, -0.05) is 24.6 Å². The van der Waals surface area contributed by atoms with Crippen LogP contribution in [0.15, 0.2) is 29.2 Å². The van der Waals surface area contributed by atoms with E-state index in [4.69, 9.17) is 0 Å². The van der Waals surface area contributed by atoms with Crippen molar-refractivity contribution in [2.75, 3.05) is 12.3 Å². The van der Waals surface area contributed by atoms with Gasteiger partial charge < -0.3 is 5.32 Å². The molecular weight excluding hydrogens is 206 g/mol. The predicted octanol–water partition coefficient (Wildman–Crippen LogP) is 2.61.